The molecule has 1 fully saturated rings. The standard InChI is InChI=1S/C15H16ClN3O2/c16-12-7-5-11(6-8-12)13-17-18-14(21-13)15(20)19-9-3-1-2-4-10-19/h5-8H,1-4,9-10H2. The van der Waals surface area contributed by atoms with Crippen LogP contribution in [0.25, 0.3) is 11.5 Å². The molecule has 110 valence electrons. The summed E-state index contributed by atoms with van der Waals surface area (Å²) in [4.78, 5) is 14.2. The van der Waals surface area contributed by atoms with Crippen LogP contribution >= 0.6 is 11.6 Å². The zero-order valence-corrected chi connectivity index (χ0v) is 12.3. The van der Waals surface area contributed by atoms with Crippen molar-refractivity contribution in [1.82, 2.24) is 15.1 Å². The van der Waals surface area contributed by atoms with E-state index in [1.165, 1.54) is 12.8 Å². The maximum atomic E-state index is 12.4. The zero-order chi connectivity index (χ0) is 14.7. The molecule has 2 heterocycles. The van der Waals surface area contributed by atoms with Gasteiger partial charge in [-0.15, -0.1) is 10.2 Å². The highest BCUT2D eigenvalue weighted by atomic mass is 35.5. The largest absolute Gasteiger partial charge is 0.412 e. The molecule has 1 aliphatic heterocycles. The highest BCUT2D eigenvalue weighted by Gasteiger charge is 2.23. The summed E-state index contributed by atoms with van der Waals surface area (Å²) in [7, 11) is 0. The Balaban J connectivity index is 1.77. The van der Waals surface area contributed by atoms with E-state index in [1.54, 1.807) is 29.2 Å². The van der Waals surface area contributed by atoms with Crippen LogP contribution in [-0.4, -0.2) is 34.1 Å². The number of carbonyl (C=O) groups is 1. The first-order chi connectivity index (χ1) is 10.2. The number of halogens is 1. The van der Waals surface area contributed by atoms with E-state index in [4.69, 9.17) is 16.0 Å². The number of amides is 1. The fraction of sp³-hybridized carbons (Fsp3) is 0.400. The van der Waals surface area contributed by atoms with Crippen LogP contribution in [0.15, 0.2) is 28.7 Å². The molecule has 5 nitrogen and oxygen atoms in total. The number of hydrogen-bond donors (Lipinski definition) is 0. The van der Waals surface area contributed by atoms with Crippen LogP contribution in [0, 0.1) is 0 Å². The quantitative estimate of drug-likeness (QED) is 0.853. The number of aromatic nitrogens is 2. The maximum absolute atomic E-state index is 12.4. The van der Waals surface area contributed by atoms with Crippen molar-refractivity contribution in [1.29, 1.82) is 0 Å². The van der Waals surface area contributed by atoms with E-state index >= 15 is 0 Å². The van der Waals surface area contributed by atoms with Crippen LogP contribution in [-0.2, 0) is 0 Å². The van der Waals surface area contributed by atoms with E-state index < -0.39 is 0 Å². The van der Waals surface area contributed by atoms with Crippen molar-refractivity contribution in [3.05, 3.63) is 35.2 Å². The highest BCUT2D eigenvalue weighted by Crippen LogP contribution is 2.21. The Morgan fingerprint density at radius 1 is 1.05 bits per heavy atom. The van der Waals surface area contributed by atoms with Gasteiger partial charge in [-0.1, -0.05) is 24.4 Å². The Hall–Kier alpha value is -1.88. The molecule has 1 aromatic heterocycles. The van der Waals surface area contributed by atoms with Gasteiger partial charge in [-0.2, -0.15) is 0 Å². The molecule has 2 aromatic rings. The third-order valence-electron chi connectivity index (χ3n) is 3.59. The number of hydrogen-bond acceptors (Lipinski definition) is 4. The first-order valence-electron chi connectivity index (χ1n) is 7.13. The summed E-state index contributed by atoms with van der Waals surface area (Å²) in [6, 6.07) is 7.07. The number of carbonyl (C=O) groups excluding carboxylic acids is 1. The van der Waals surface area contributed by atoms with Gasteiger partial charge in [-0.3, -0.25) is 4.79 Å². The molecule has 1 aromatic carbocycles. The second-order valence-electron chi connectivity index (χ2n) is 5.13. The fourth-order valence-electron chi connectivity index (χ4n) is 2.43. The summed E-state index contributed by atoms with van der Waals surface area (Å²) < 4.78 is 5.51. The molecule has 0 bridgehead atoms. The Kier molecular flexibility index (Phi) is 4.20. The number of benzene rings is 1. The van der Waals surface area contributed by atoms with Gasteiger partial charge in [0.05, 0.1) is 0 Å². The Bertz CT molecular complexity index is 616. The lowest BCUT2D eigenvalue weighted by molar-refractivity contribution is 0.0722. The molecule has 0 N–H and O–H groups in total. The van der Waals surface area contributed by atoms with Crippen molar-refractivity contribution < 1.29 is 9.21 Å². The van der Waals surface area contributed by atoms with Crippen LogP contribution in [0.1, 0.15) is 36.4 Å². The average Bonchev–Trinajstić information content (AvgIpc) is 2.83. The molecule has 0 radical (unpaired) electrons. The molecular weight excluding hydrogens is 290 g/mol. The minimum absolute atomic E-state index is 0.0573. The van der Waals surface area contributed by atoms with Crippen LogP contribution in [0.2, 0.25) is 5.02 Å². The lowest BCUT2D eigenvalue weighted by atomic mass is 10.2. The summed E-state index contributed by atoms with van der Waals surface area (Å²) in [6.45, 7) is 1.52. The summed E-state index contributed by atoms with van der Waals surface area (Å²) in [5.41, 5.74) is 0.752. The van der Waals surface area contributed by atoms with Gasteiger partial charge in [0, 0.05) is 23.7 Å². The molecule has 6 heteroatoms. The van der Waals surface area contributed by atoms with Gasteiger partial charge in [-0.25, -0.2) is 0 Å². The Morgan fingerprint density at radius 2 is 1.71 bits per heavy atom. The second kappa shape index (κ2) is 6.26. The normalized spacial score (nSPS) is 15.8. The smallest absolute Gasteiger partial charge is 0.311 e. The van der Waals surface area contributed by atoms with Gasteiger partial charge in [0.1, 0.15) is 0 Å². The predicted molar refractivity (Wildman–Crippen MR) is 79.1 cm³/mol. The van der Waals surface area contributed by atoms with E-state index in [2.05, 4.69) is 10.2 Å². The summed E-state index contributed by atoms with van der Waals surface area (Å²) >= 11 is 5.84. The predicted octanol–water partition coefficient (Wildman–Crippen LogP) is 3.41. The molecule has 0 spiro atoms. The molecule has 0 saturated carbocycles. The monoisotopic (exact) mass is 305 g/mol. The number of nitrogens with zero attached hydrogens (tertiary/aromatic N) is 3. The molecule has 1 saturated heterocycles. The zero-order valence-electron chi connectivity index (χ0n) is 11.6. The van der Waals surface area contributed by atoms with Gasteiger partial charge in [-0.05, 0) is 37.1 Å². The van der Waals surface area contributed by atoms with E-state index in [0.29, 0.717) is 10.9 Å². The van der Waals surface area contributed by atoms with Crippen LogP contribution in [0.3, 0.4) is 0 Å². The molecule has 0 atom stereocenters. The number of likely N-dealkylation sites (tertiary alicyclic amines) is 1. The van der Waals surface area contributed by atoms with Crippen molar-refractivity contribution in [3.63, 3.8) is 0 Å². The van der Waals surface area contributed by atoms with E-state index in [9.17, 15) is 4.79 Å². The van der Waals surface area contributed by atoms with Gasteiger partial charge >= 0.3 is 11.8 Å². The van der Waals surface area contributed by atoms with Crippen molar-refractivity contribution >= 4 is 17.5 Å². The van der Waals surface area contributed by atoms with E-state index in [0.717, 1.165) is 31.5 Å². The van der Waals surface area contributed by atoms with Crippen LogP contribution < -0.4 is 0 Å². The third kappa shape index (κ3) is 3.24. The topological polar surface area (TPSA) is 59.2 Å². The highest BCUT2D eigenvalue weighted by molar-refractivity contribution is 6.30. The van der Waals surface area contributed by atoms with Gasteiger partial charge in [0.15, 0.2) is 0 Å². The summed E-state index contributed by atoms with van der Waals surface area (Å²) in [6.07, 6.45) is 4.40. The molecule has 1 amide bonds. The molecule has 3 rings (SSSR count). The lowest BCUT2D eigenvalue weighted by Gasteiger charge is -2.17. The average molecular weight is 306 g/mol. The molecule has 0 unspecified atom stereocenters. The van der Waals surface area contributed by atoms with Crippen LogP contribution in [0.4, 0.5) is 0 Å². The van der Waals surface area contributed by atoms with E-state index in [1.807, 2.05) is 0 Å². The Labute approximate surface area is 127 Å². The van der Waals surface area contributed by atoms with E-state index in [-0.39, 0.29) is 11.8 Å². The lowest BCUT2D eigenvalue weighted by Crippen LogP contribution is -2.32. The van der Waals surface area contributed by atoms with Gasteiger partial charge in [0.2, 0.25) is 5.89 Å². The number of rotatable bonds is 2. The van der Waals surface area contributed by atoms with Gasteiger partial charge < -0.3 is 9.32 Å². The van der Waals surface area contributed by atoms with Crippen LogP contribution in [0.5, 0.6) is 0 Å². The molecular formula is C15H16ClN3O2. The molecule has 1 aliphatic rings. The first-order valence-corrected chi connectivity index (χ1v) is 7.50. The fourth-order valence-corrected chi connectivity index (χ4v) is 2.55. The molecule has 21 heavy (non-hydrogen) atoms. The summed E-state index contributed by atoms with van der Waals surface area (Å²) in [5, 5.41) is 8.47. The third-order valence-corrected chi connectivity index (χ3v) is 3.84. The van der Waals surface area contributed by atoms with Gasteiger partial charge in [0.25, 0.3) is 0 Å². The first kappa shape index (κ1) is 14.1. The SMILES string of the molecule is O=C(c1nnc(-c2ccc(Cl)cc2)o1)N1CCCCCC1. The van der Waals surface area contributed by atoms with Crippen molar-refractivity contribution in [3.8, 4) is 11.5 Å². The van der Waals surface area contributed by atoms with Crippen molar-refractivity contribution in [2.45, 2.75) is 25.7 Å². The van der Waals surface area contributed by atoms with Crippen molar-refractivity contribution in [2.24, 2.45) is 0 Å². The summed E-state index contributed by atoms with van der Waals surface area (Å²) in [5.74, 6) is 0.219. The maximum Gasteiger partial charge on any atom is 0.311 e. The van der Waals surface area contributed by atoms with Crippen molar-refractivity contribution in [2.75, 3.05) is 13.1 Å². The molecule has 0 aliphatic carbocycles. The second-order valence-corrected chi connectivity index (χ2v) is 5.56. The Morgan fingerprint density at radius 3 is 2.38 bits per heavy atom. The minimum atomic E-state index is -0.176. The minimum Gasteiger partial charge on any atom is -0.412 e.